The van der Waals surface area contributed by atoms with Gasteiger partial charge in [-0.3, -0.25) is 0 Å². The number of halogens is 1. The largest absolute Gasteiger partial charge is 0.496 e. The Kier molecular flexibility index (Phi) is 7.60. The van der Waals surface area contributed by atoms with E-state index in [9.17, 15) is 0 Å². The van der Waals surface area contributed by atoms with Crippen molar-refractivity contribution in [2.24, 2.45) is 5.10 Å². The highest BCUT2D eigenvalue weighted by atomic mass is 79.9. The Balaban J connectivity index is 2.07. The molecule has 0 amide bonds. The van der Waals surface area contributed by atoms with Gasteiger partial charge in [0.15, 0.2) is 11.5 Å². The summed E-state index contributed by atoms with van der Waals surface area (Å²) in [6.45, 7) is 5.61. The van der Waals surface area contributed by atoms with Crippen LogP contribution in [-0.4, -0.2) is 26.5 Å². The van der Waals surface area contributed by atoms with E-state index in [0.29, 0.717) is 31.3 Å². The molecule has 0 aliphatic carbocycles. The second-order valence-electron chi connectivity index (χ2n) is 5.10. The van der Waals surface area contributed by atoms with Crippen LogP contribution in [0.25, 0.3) is 0 Å². The molecule has 0 saturated carbocycles. The number of rotatable bonds is 9. The van der Waals surface area contributed by atoms with Crippen LogP contribution >= 0.6 is 15.9 Å². The molecular weight excluding hydrogens is 384 g/mol. The molecule has 0 radical (unpaired) electrons. The summed E-state index contributed by atoms with van der Waals surface area (Å²) in [5.74, 6) is 2.25. The molecular formula is C19H23BrN2O3. The van der Waals surface area contributed by atoms with E-state index >= 15 is 0 Å². The quantitative estimate of drug-likeness (QED) is 0.495. The summed E-state index contributed by atoms with van der Waals surface area (Å²) in [4.78, 5) is 0. The Labute approximate surface area is 157 Å². The first-order valence-electron chi connectivity index (χ1n) is 8.16. The topological polar surface area (TPSA) is 52.1 Å². The molecule has 0 bridgehead atoms. The number of hydrogen-bond donors (Lipinski definition) is 1. The first-order valence-corrected chi connectivity index (χ1v) is 8.95. The molecule has 0 fully saturated rings. The summed E-state index contributed by atoms with van der Waals surface area (Å²) in [5, 5.41) is 4.28. The molecule has 2 aromatic carbocycles. The summed E-state index contributed by atoms with van der Waals surface area (Å²) < 4.78 is 17.5. The van der Waals surface area contributed by atoms with Crippen molar-refractivity contribution < 1.29 is 14.2 Å². The van der Waals surface area contributed by atoms with Crippen LogP contribution in [0.15, 0.2) is 46.0 Å². The van der Waals surface area contributed by atoms with Gasteiger partial charge in [0, 0.05) is 5.56 Å². The van der Waals surface area contributed by atoms with Crippen LogP contribution in [0.4, 0.5) is 0 Å². The molecule has 5 nitrogen and oxygen atoms in total. The lowest BCUT2D eigenvalue weighted by atomic mass is 10.2. The van der Waals surface area contributed by atoms with Crippen molar-refractivity contribution in [2.75, 3.05) is 20.3 Å². The van der Waals surface area contributed by atoms with Crippen LogP contribution in [0.3, 0.4) is 0 Å². The van der Waals surface area contributed by atoms with E-state index in [4.69, 9.17) is 14.2 Å². The Morgan fingerprint density at radius 1 is 1.08 bits per heavy atom. The lowest BCUT2D eigenvalue weighted by Crippen LogP contribution is -2.07. The summed E-state index contributed by atoms with van der Waals surface area (Å²) >= 11 is 3.53. The second kappa shape index (κ2) is 9.93. The molecule has 2 aromatic rings. The molecule has 0 unspecified atom stereocenters. The fourth-order valence-electron chi connectivity index (χ4n) is 2.31. The highest BCUT2D eigenvalue weighted by molar-refractivity contribution is 9.10. The molecule has 134 valence electrons. The molecule has 0 heterocycles. The van der Waals surface area contributed by atoms with Gasteiger partial charge in [-0.1, -0.05) is 18.2 Å². The van der Waals surface area contributed by atoms with Crippen LogP contribution < -0.4 is 19.6 Å². The number of ether oxygens (including phenoxy) is 3. The number of hydrogen-bond acceptors (Lipinski definition) is 5. The molecule has 1 N–H and O–H groups in total. The molecule has 0 aromatic heterocycles. The fourth-order valence-corrected chi connectivity index (χ4v) is 2.88. The molecule has 2 rings (SSSR count). The van der Waals surface area contributed by atoms with Gasteiger partial charge in [0.05, 0.1) is 37.6 Å². The zero-order valence-corrected chi connectivity index (χ0v) is 16.3. The highest BCUT2D eigenvalue weighted by Gasteiger charge is 2.11. The van der Waals surface area contributed by atoms with Gasteiger partial charge in [0.1, 0.15) is 5.75 Å². The first-order chi connectivity index (χ1) is 12.2. The van der Waals surface area contributed by atoms with Gasteiger partial charge in [-0.2, -0.15) is 5.10 Å². The average molecular weight is 407 g/mol. The zero-order chi connectivity index (χ0) is 18.1. The summed E-state index contributed by atoms with van der Waals surface area (Å²) in [6, 6.07) is 11.7. The van der Waals surface area contributed by atoms with Crippen LogP contribution in [0, 0.1) is 0 Å². The minimum absolute atomic E-state index is 0.569. The van der Waals surface area contributed by atoms with Crippen LogP contribution in [0.5, 0.6) is 17.2 Å². The molecule has 0 saturated heterocycles. The predicted octanol–water partition coefficient (Wildman–Crippen LogP) is 4.38. The predicted molar refractivity (Wildman–Crippen MR) is 104 cm³/mol. The van der Waals surface area contributed by atoms with Crippen molar-refractivity contribution in [2.45, 2.75) is 20.4 Å². The minimum Gasteiger partial charge on any atom is -0.496 e. The smallest absolute Gasteiger partial charge is 0.175 e. The molecule has 0 aliphatic heterocycles. The molecule has 6 heteroatoms. The Bertz CT molecular complexity index is 720. The monoisotopic (exact) mass is 406 g/mol. The third-order valence-corrected chi connectivity index (χ3v) is 3.98. The fraction of sp³-hybridized carbons (Fsp3) is 0.316. The van der Waals surface area contributed by atoms with Crippen molar-refractivity contribution in [1.82, 2.24) is 5.43 Å². The summed E-state index contributed by atoms with van der Waals surface area (Å²) in [7, 11) is 1.66. The highest BCUT2D eigenvalue weighted by Crippen LogP contribution is 2.36. The van der Waals surface area contributed by atoms with Gasteiger partial charge in [0.2, 0.25) is 0 Å². The number of nitrogens with zero attached hydrogens (tertiary/aromatic N) is 1. The van der Waals surface area contributed by atoms with Gasteiger partial charge >= 0.3 is 0 Å². The second-order valence-corrected chi connectivity index (χ2v) is 5.96. The van der Waals surface area contributed by atoms with E-state index in [2.05, 4.69) is 26.5 Å². The van der Waals surface area contributed by atoms with Gasteiger partial charge in [-0.25, -0.2) is 0 Å². The van der Waals surface area contributed by atoms with Crippen LogP contribution in [0.1, 0.15) is 25.0 Å². The van der Waals surface area contributed by atoms with E-state index in [1.807, 2.05) is 50.2 Å². The Morgan fingerprint density at radius 3 is 2.56 bits per heavy atom. The minimum atomic E-state index is 0.569. The number of benzene rings is 2. The number of para-hydroxylation sites is 1. The lowest BCUT2D eigenvalue weighted by Gasteiger charge is -2.13. The molecule has 0 atom stereocenters. The SMILES string of the molecule is CCOc1cc(/C=N/NCc2ccccc2OC)cc(Br)c1OCC. The van der Waals surface area contributed by atoms with Gasteiger partial charge in [0.25, 0.3) is 0 Å². The summed E-state index contributed by atoms with van der Waals surface area (Å²) in [6.07, 6.45) is 1.75. The molecule has 25 heavy (non-hydrogen) atoms. The number of hydrazone groups is 1. The lowest BCUT2D eigenvalue weighted by molar-refractivity contribution is 0.286. The van der Waals surface area contributed by atoms with E-state index in [-0.39, 0.29) is 0 Å². The molecule has 0 spiro atoms. The Hall–Kier alpha value is -2.21. The number of nitrogens with one attached hydrogen (secondary N) is 1. The van der Waals surface area contributed by atoms with Crippen LogP contribution in [0.2, 0.25) is 0 Å². The summed E-state index contributed by atoms with van der Waals surface area (Å²) in [5.41, 5.74) is 4.99. The van der Waals surface area contributed by atoms with Gasteiger partial charge in [-0.05, 0) is 53.5 Å². The zero-order valence-electron chi connectivity index (χ0n) is 14.7. The molecule has 0 aliphatic rings. The maximum absolute atomic E-state index is 5.66. The van der Waals surface area contributed by atoms with E-state index in [1.165, 1.54) is 0 Å². The van der Waals surface area contributed by atoms with E-state index in [0.717, 1.165) is 21.3 Å². The first kappa shape index (κ1) is 19.1. The van der Waals surface area contributed by atoms with Crippen LogP contribution in [-0.2, 0) is 6.54 Å². The van der Waals surface area contributed by atoms with Crippen molar-refractivity contribution in [3.63, 3.8) is 0 Å². The van der Waals surface area contributed by atoms with Gasteiger partial charge in [-0.15, -0.1) is 0 Å². The third kappa shape index (κ3) is 5.39. The normalized spacial score (nSPS) is 10.7. The third-order valence-electron chi connectivity index (χ3n) is 3.39. The van der Waals surface area contributed by atoms with E-state index < -0.39 is 0 Å². The Morgan fingerprint density at radius 2 is 1.84 bits per heavy atom. The standard InChI is InChI=1S/C19H23BrN2O3/c1-4-24-18-11-14(10-16(20)19(18)25-5-2)12-21-22-13-15-8-6-7-9-17(15)23-3/h6-12,22H,4-5,13H2,1-3H3/b21-12+. The van der Waals surface area contributed by atoms with Crippen molar-refractivity contribution in [1.29, 1.82) is 0 Å². The average Bonchev–Trinajstić information content (AvgIpc) is 2.62. The van der Waals surface area contributed by atoms with Crippen molar-refractivity contribution >= 4 is 22.1 Å². The van der Waals surface area contributed by atoms with Crippen molar-refractivity contribution in [3.8, 4) is 17.2 Å². The maximum atomic E-state index is 5.66. The maximum Gasteiger partial charge on any atom is 0.175 e. The van der Waals surface area contributed by atoms with E-state index in [1.54, 1.807) is 13.3 Å². The number of methoxy groups -OCH3 is 1. The van der Waals surface area contributed by atoms with Crippen molar-refractivity contribution in [3.05, 3.63) is 52.0 Å². The van der Waals surface area contributed by atoms with Gasteiger partial charge < -0.3 is 19.6 Å².